The minimum absolute atomic E-state index is 0.0873. The van der Waals surface area contributed by atoms with Gasteiger partial charge < -0.3 is 14.3 Å². The molecule has 0 radical (unpaired) electrons. The fraction of sp³-hybridized carbons (Fsp3) is 0.833. The summed E-state index contributed by atoms with van der Waals surface area (Å²) >= 11 is 0. The third-order valence-corrected chi connectivity index (χ3v) is 5.11. The van der Waals surface area contributed by atoms with Crippen LogP contribution in [0.4, 0.5) is 0 Å². The molecule has 0 rings (SSSR count). The lowest BCUT2D eigenvalue weighted by Crippen LogP contribution is -2.37. The van der Waals surface area contributed by atoms with Crippen molar-refractivity contribution in [3.8, 4) is 0 Å². The van der Waals surface area contributed by atoms with E-state index < -0.39 is 8.03 Å². The molecule has 1 atom stereocenters. The van der Waals surface area contributed by atoms with Crippen molar-refractivity contribution in [1.82, 2.24) is 5.32 Å². The monoisotopic (exact) mass is 361 g/mol. The predicted molar refractivity (Wildman–Crippen MR) is 103 cm³/mol. The van der Waals surface area contributed by atoms with Crippen LogP contribution in [-0.2, 0) is 13.9 Å². The van der Waals surface area contributed by atoms with Gasteiger partial charge in [-0.2, -0.15) is 0 Å². The largest absolute Gasteiger partial charge is 0.353 e. The Morgan fingerprint density at radius 3 is 2.12 bits per heavy atom. The SMILES string of the molecule is C=CC(=O)NCCCCCCCCCC[PH](=O)OCC[N+](C)(C)C. The summed E-state index contributed by atoms with van der Waals surface area (Å²) in [4.78, 5) is 10.9. The average molecular weight is 361 g/mol. The van der Waals surface area contributed by atoms with Crippen molar-refractivity contribution >= 4 is 13.9 Å². The molecule has 1 N–H and O–H groups in total. The minimum Gasteiger partial charge on any atom is -0.353 e. The highest BCUT2D eigenvalue weighted by molar-refractivity contribution is 7.39. The lowest BCUT2D eigenvalue weighted by molar-refractivity contribution is -0.870. The van der Waals surface area contributed by atoms with Crippen LogP contribution in [0.15, 0.2) is 12.7 Å². The standard InChI is InChI=1S/C18H37N2O3P/c1-5-18(21)19-14-12-10-8-6-7-9-11-13-17-24(22)23-16-15-20(2,3)4/h5,24H,1,6-17H2,2-4H3/p+1. The van der Waals surface area contributed by atoms with Crippen LogP contribution in [0.3, 0.4) is 0 Å². The first-order chi connectivity index (χ1) is 11.3. The molecule has 142 valence electrons. The van der Waals surface area contributed by atoms with Gasteiger partial charge in [-0.3, -0.25) is 9.36 Å². The molecule has 0 aromatic heterocycles. The Morgan fingerprint density at radius 1 is 1.04 bits per heavy atom. The lowest BCUT2D eigenvalue weighted by Gasteiger charge is -2.23. The summed E-state index contributed by atoms with van der Waals surface area (Å²) in [6, 6.07) is 0. The first-order valence-corrected chi connectivity index (χ1v) is 10.7. The van der Waals surface area contributed by atoms with Gasteiger partial charge in [-0.05, 0) is 18.9 Å². The van der Waals surface area contributed by atoms with E-state index in [-0.39, 0.29) is 5.91 Å². The second-order valence-corrected chi connectivity index (χ2v) is 8.84. The highest BCUT2D eigenvalue weighted by Crippen LogP contribution is 2.24. The molecular weight excluding hydrogens is 323 g/mol. The van der Waals surface area contributed by atoms with Crippen LogP contribution >= 0.6 is 8.03 Å². The van der Waals surface area contributed by atoms with Crippen LogP contribution in [-0.4, -0.2) is 57.4 Å². The predicted octanol–water partition coefficient (Wildman–Crippen LogP) is 3.61. The lowest BCUT2D eigenvalue weighted by atomic mass is 10.1. The second-order valence-electron chi connectivity index (χ2n) is 7.31. The Balaban J connectivity index is 3.26. The number of carbonyl (C=O) groups is 1. The van der Waals surface area contributed by atoms with E-state index in [1.807, 2.05) is 0 Å². The zero-order valence-electron chi connectivity index (χ0n) is 15.9. The Bertz CT molecular complexity index is 368. The van der Waals surface area contributed by atoms with Gasteiger partial charge in [0.2, 0.25) is 5.91 Å². The number of rotatable bonds is 16. The Hall–Kier alpha value is -0.640. The van der Waals surface area contributed by atoms with E-state index in [4.69, 9.17) is 4.52 Å². The van der Waals surface area contributed by atoms with Crippen molar-refractivity contribution in [3.05, 3.63) is 12.7 Å². The first kappa shape index (κ1) is 23.4. The number of carbonyl (C=O) groups excluding carboxylic acids is 1. The fourth-order valence-electron chi connectivity index (χ4n) is 2.24. The number of unbranched alkanes of at least 4 members (excludes halogenated alkanes) is 7. The van der Waals surface area contributed by atoms with E-state index in [2.05, 4.69) is 33.0 Å². The van der Waals surface area contributed by atoms with E-state index >= 15 is 0 Å². The van der Waals surface area contributed by atoms with Crippen LogP contribution in [0, 0.1) is 0 Å². The van der Waals surface area contributed by atoms with Crippen molar-refractivity contribution in [3.63, 3.8) is 0 Å². The van der Waals surface area contributed by atoms with Crippen LogP contribution in [0.5, 0.6) is 0 Å². The molecule has 24 heavy (non-hydrogen) atoms. The van der Waals surface area contributed by atoms with Crippen LogP contribution in [0.1, 0.15) is 51.4 Å². The van der Waals surface area contributed by atoms with Gasteiger partial charge >= 0.3 is 0 Å². The summed E-state index contributed by atoms with van der Waals surface area (Å²) in [5.41, 5.74) is 0. The molecule has 0 aromatic carbocycles. The average Bonchev–Trinajstić information content (AvgIpc) is 2.51. The summed E-state index contributed by atoms with van der Waals surface area (Å²) in [5.74, 6) is -0.0873. The molecule has 5 nitrogen and oxygen atoms in total. The van der Waals surface area contributed by atoms with Gasteiger partial charge in [-0.1, -0.05) is 45.1 Å². The molecule has 0 saturated carbocycles. The molecule has 0 saturated heterocycles. The van der Waals surface area contributed by atoms with Gasteiger partial charge in [0.15, 0.2) is 8.03 Å². The fourth-order valence-corrected chi connectivity index (χ4v) is 3.25. The third-order valence-electron chi connectivity index (χ3n) is 3.82. The minimum atomic E-state index is -1.83. The van der Waals surface area contributed by atoms with Crippen molar-refractivity contribution in [1.29, 1.82) is 0 Å². The smallest absolute Gasteiger partial charge is 0.243 e. The number of hydrogen-bond donors (Lipinski definition) is 1. The van der Waals surface area contributed by atoms with Gasteiger partial charge in [0.25, 0.3) is 0 Å². The molecule has 1 unspecified atom stereocenters. The molecule has 0 aliphatic heterocycles. The highest BCUT2D eigenvalue weighted by Gasteiger charge is 2.07. The molecule has 0 aliphatic carbocycles. The van der Waals surface area contributed by atoms with Crippen LogP contribution in [0.2, 0.25) is 0 Å². The molecule has 6 heteroatoms. The topological polar surface area (TPSA) is 55.4 Å². The maximum Gasteiger partial charge on any atom is 0.243 e. The molecule has 0 aliphatic rings. The van der Waals surface area contributed by atoms with Gasteiger partial charge in [-0.15, -0.1) is 0 Å². The van der Waals surface area contributed by atoms with Crippen molar-refractivity contribution in [2.45, 2.75) is 51.4 Å². The number of quaternary nitrogens is 1. The Morgan fingerprint density at radius 2 is 1.58 bits per heavy atom. The van der Waals surface area contributed by atoms with E-state index in [1.165, 1.54) is 31.8 Å². The first-order valence-electron chi connectivity index (χ1n) is 9.21. The zero-order chi connectivity index (χ0) is 18.3. The van der Waals surface area contributed by atoms with Crippen LogP contribution in [0.25, 0.3) is 0 Å². The normalized spacial score (nSPS) is 12.8. The molecule has 0 spiro atoms. The second kappa shape index (κ2) is 14.7. The maximum absolute atomic E-state index is 11.8. The summed E-state index contributed by atoms with van der Waals surface area (Å²) in [6.07, 6.45) is 11.3. The maximum atomic E-state index is 11.8. The van der Waals surface area contributed by atoms with E-state index in [9.17, 15) is 9.36 Å². The van der Waals surface area contributed by atoms with Gasteiger partial charge in [-0.25, -0.2) is 0 Å². The Kier molecular flexibility index (Phi) is 14.3. The van der Waals surface area contributed by atoms with E-state index in [0.717, 1.165) is 49.4 Å². The summed E-state index contributed by atoms with van der Waals surface area (Å²) < 4.78 is 18.0. The number of likely N-dealkylation sites (N-methyl/N-ethyl adjacent to an activating group) is 1. The van der Waals surface area contributed by atoms with Gasteiger partial charge in [0.1, 0.15) is 13.2 Å². The number of hydrogen-bond acceptors (Lipinski definition) is 3. The van der Waals surface area contributed by atoms with E-state index in [1.54, 1.807) is 0 Å². The number of amides is 1. The molecule has 1 amide bonds. The Labute approximate surface area is 149 Å². The van der Waals surface area contributed by atoms with Crippen molar-refractivity contribution < 1.29 is 18.4 Å². The third kappa shape index (κ3) is 17.7. The number of nitrogens with zero attached hydrogens (tertiary/aromatic N) is 1. The summed E-state index contributed by atoms with van der Waals surface area (Å²) in [5, 5.41) is 2.79. The zero-order valence-corrected chi connectivity index (χ0v) is 16.9. The van der Waals surface area contributed by atoms with Gasteiger partial charge in [0.05, 0.1) is 21.1 Å². The molecule has 0 aromatic rings. The van der Waals surface area contributed by atoms with Gasteiger partial charge in [0, 0.05) is 12.7 Å². The molecule has 0 fully saturated rings. The summed E-state index contributed by atoms with van der Waals surface area (Å²) in [6.45, 7) is 5.65. The van der Waals surface area contributed by atoms with Crippen LogP contribution < -0.4 is 5.32 Å². The molecule has 0 heterocycles. The summed E-state index contributed by atoms with van der Waals surface area (Å²) in [7, 11) is 4.50. The van der Waals surface area contributed by atoms with E-state index in [0.29, 0.717) is 6.61 Å². The number of nitrogens with one attached hydrogen (secondary N) is 1. The quantitative estimate of drug-likeness (QED) is 0.198. The molecule has 0 bridgehead atoms. The molecular formula is C18H38N2O3P+. The highest BCUT2D eigenvalue weighted by atomic mass is 31.1. The van der Waals surface area contributed by atoms with Crippen molar-refractivity contribution in [2.75, 3.05) is 47.0 Å². The van der Waals surface area contributed by atoms with Crippen molar-refractivity contribution in [2.24, 2.45) is 0 Å².